The molecule has 0 unspecified atom stereocenters. The maximum Gasteiger partial charge on any atom is 0.242 e. The fraction of sp³-hybridized carbons (Fsp3) is 0.529. The third-order valence-electron chi connectivity index (χ3n) is 3.67. The monoisotopic (exact) mass is 305 g/mol. The van der Waals surface area contributed by atoms with Crippen LogP contribution >= 0.6 is 0 Å². The van der Waals surface area contributed by atoms with Crippen LogP contribution < -0.4 is 11.1 Å². The summed E-state index contributed by atoms with van der Waals surface area (Å²) in [5, 5.41) is 2.62. The summed E-state index contributed by atoms with van der Waals surface area (Å²) in [6, 6.07) is 8.51. The molecule has 1 aromatic rings. The van der Waals surface area contributed by atoms with Gasteiger partial charge in [-0.3, -0.25) is 9.59 Å². The highest BCUT2D eigenvalue weighted by atomic mass is 16.2. The smallest absolute Gasteiger partial charge is 0.242 e. The first-order valence-corrected chi connectivity index (χ1v) is 7.64. The van der Waals surface area contributed by atoms with Crippen LogP contribution in [0, 0.1) is 5.92 Å². The Kier molecular flexibility index (Phi) is 7.05. The normalized spacial score (nSPS) is 13.5. The van der Waals surface area contributed by atoms with Gasteiger partial charge < -0.3 is 16.0 Å². The Hall–Kier alpha value is -1.88. The van der Waals surface area contributed by atoms with Crippen molar-refractivity contribution in [3.8, 4) is 0 Å². The van der Waals surface area contributed by atoms with E-state index in [9.17, 15) is 9.59 Å². The topological polar surface area (TPSA) is 75.4 Å². The van der Waals surface area contributed by atoms with E-state index in [1.54, 1.807) is 14.1 Å². The molecule has 0 radical (unpaired) electrons. The molecule has 1 rings (SSSR count). The molecule has 1 aromatic carbocycles. The maximum absolute atomic E-state index is 12.5. The average Bonchev–Trinajstić information content (AvgIpc) is 2.51. The molecule has 0 saturated heterocycles. The van der Waals surface area contributed by atoms with Gasteiger partial charge >= 0.3 is 0 Å². The molecule has 0 aliphatic rings. The summed E-state index contributed by atoms with van der Waals surface area (Å²) in [4.78, 5) is 26.0. The molecule has 0 aliphatic heterocycles. The van der Waals surface area contributed by atoms with Crippen LogP contribution in [0.3, 0.4) is 0 Å². The Balaban J connectivity index is 2.77. The van der Waals surface area contributed by atoms with Gasteiger partial charge in [-0.1, -0.05) is 44.2 Å². The Morgan fingerprint density at radius 1 is 1.23 bits per heavy atom. The maximum atomic E-state index is 12.5. The summed E-state index contributed by atoms with van der Waals surface area (Å²) in [5.41, 5.74) is 7.05. The van der Waals surface area contributed by atoms with Crippen LogP contribution in [0.2, 0.25) is 0 Å². The molecule has 0 bridgehead atoms. The van der Waals surface area contributed by atoms with Gasteiger partial charge in [0.25, 0.3) is 0 Å². The van der Waals surface area contributed by atoms with Crippen LogP contribution in [-0.4, -0.2) is 42.9 Å². The van der Waals surface area contributed by atoms with Crippen molar-refractivity contribution >= 4 is 11.8 Å². The predicted molar refractivity (Wildman–Crippen MR) is 88.2 cm³/mol. The zero-order chi connectivity index (χ0) is 16.7. The van der Waals surface area contributed by atoms with Gasteiger partial charge in [-0.25, -0.2) is 0 Å². The van der Waals surface area contributed by atoms with Crippen LogP contribution in [0.1, 0.15) is 25.8 Å². The molecule has 2 amide bonds. The van der Waals surface area contributed by atoms with Crippen LogP contribution in [-0.2, 0) is 16.0 Å². The Labute approximate surface area is 132 Å². The first-order valence-electron chi connectivity index (χ1n) is 7.64. The second-order valence-electron chi connectivity index (χ2n) is 6.00. The number of carbonyl (C=O) groups is 2. The molecule has 0 saturated carbocycles. The van der Waals surface area contributed by atoms with Crippen LogP contribution in [0.25, 0.3) is 0 Å². The zero-order valence-corrected chi connectivity index (χ0v) is 13.9. The molecule has 3 N–H and O–H groups in total. The first-order chi connectivity index (χ1) is 10.4. The summed E-state index contributed by atoms with van der Waals surface area (Å²) in [7, 11) is 3.23. The van der Waals surface area contributed by atoms with Crippen molar-refractivity contribution in [1.82, 2.24) is 10.2 Å². The summed E-state index contributed by atoms with van der Waals surface area (Å²) in [5.74, 6) is -0.0579. The van der Waals surface area contributed by atoms with Crippen molar-refractivity contribution in [2.75, 3.05) is 14.1 Å². The highest BCUT2D eigenvalue weighted by molar-refractivity contribution is 5.89. The number of amides is 2. The van der Waals surface area contributed by atoms with Crippen LogP contribution in [0.5, 0.6) is 0 Å². The molecule has 122 valence electrons. The van der Waals surface area contributed by atoms with Gasteiger partial charge in [0.05, 0.1) is 6.04 Å². The highest BCUT2D eigenvalue weighted by Gasteiger charge is 2.29. The molecule has 2 atom stereocenters. The number of nitrogens with two attached hydrogens (primary N) is 1. The molecule has 5 nitrogen and oxygen atoms in total. The third-order valence-corrected chi connectivity index (χ3v) is 3.67. The minimum atomic E-state index is -0.647. The van der Waals surface area contributed by atoms with Crippen molar-refractivity contribution in [3.63, 3.8) is 0 Å². The van der Waals surface area contributed by atoms with E-state index < -0.39 is 12.1 Å². The Bertz CT molecular complexity index is 488. The van der Waals surface area contributed by atoms with E-state index in [-0.39, 0.29) is 11.8 Å². The van der Waals surface area contributed by atoms with E-state index in [1.165, 1.54) is 4.90 Å². The number of rotatable bonds is 7. The molecule has 0 aromatic heterocycles. The van der Waals surface area contributed by atoms with Gasteiger partial charge in [-0.15, -0.1) is 0 Å². The SMILES string of the molecule is CNC(=O)[C@H](CC(C)C)N(C)C(=O)[C@@H](N)Cc1ccccc1. The zero-order valence-electron chi connectivity index (χ0n) is 13.9. The molecular weight excluding hydrogens is 278 g/mol. The van der Waals surface area contributed by atoms with E-state index in [4.69, 9.17) is 5.73 Å². The van der Waals surface area contributed by atoms with Crippen LogP contribution in [0.15, 0.2) is 30.3 Å². The van der Waals surface area contributed by atoms with E-state index in [0.29, 0.717) is 18.8 Å². The fourth-order valence-corrected chi connectivity index (χ4v) is 2.42. The summed E-state index contributed by atoms with van der Waals surface area (Å²) in [6.45, 7) is 4.05. The number of carbonyl (C=O) groups excluding carboxylic acids is 2. The fourth-order valence-electron chi connectivity index (χ4n) is 2.42. The number of nitrogens with one attached hydrogen (secondary N) is 1. The second-order valence-corrected chi connectivity index (χ2v) is 6.00. The predicted octanol–water partition coefficient (Wildman–Crippen LogP) is 1.18. The van der Waals surface area contributed by atoms with E-state index in [2.05, 4.69) is 5.32 Å². The van der Waals surface area contributed by atoms with Crippen molar-refractivity contribution in [2.24, 2.45) is 11.7 Å². The van der Waals surface area contributed by atoms with Gasteiger partial charge in [0.15, 0.2) is 0 Å². The molecule has 5 heteroatoms. The first kappa shape index (κ1) is 18.2. The quantitative estimate of drug-likeness (QED) is 0.794. The number of benzene rings is 1. The number of hydrogen-bond acceptors (Lipinski definition) is 3. The van der Waals surface area contributed by atoms with Gasteiger partial charge in [0.2, 0.25) is 11.8 Å². The Morgan fingerprint density at radius 2 is 1.82 bits per heavy atom. The highest BCUT2D eigenvalue weighted by Crippen LogP contribution is 2.13. The van der Waals surface area contributed by atoms with Gasteiger partial charge in [0.1, 0.15) is 6.04 Å². The minimum Gasteiger partial charge on any atom is -0.357 e. The molecule has 22 heavy (non-hydrogen) atoms. The van der Waals surface area contributed by atoms with E-state index in [0.717, 1.165) is 5.56 Å². The molecule has 0 spiro atoms. The minimum absolute atomic E-state index is 0.156. The van der Waals surface area contributed by atoms with Crippen molar-refractivity contribution in [2.45, 2.75) is 38.8 Å². The lowest BCUT2D eigenvalue weighted by molar-refractivity contribution is -0.140. The molecular formula is C17H27N3O2. The number of likely N-dealkylation sites (N-methyl/N-ethyl adjacent to an activating group) is 2. The summed E-state index contributed by atoms with van der Waals surface area (Å²) in [6.07, 6.45) is 1.08. The third kappa shape index (κ3) is 5.15. The summed E-state index contributed by atoms with van der Waals surface area (Å²) < 4.78 is 0. The van der Waals surface area contributed by atoms with E-state index in [1.807, 2.05) is 44.2 Å². The lowest BCUT2D eigenvalue weighted by Gasteiger charge is -2.30. The van der Waals surface area contributed by atoms with Crippen molar-refractivity contribution in [3.05, 3.63) is 35.9 Å². The van der Waals surface area contributed by atoms with Gasteiger partial charge in [-0.05, 0) is 24.3 Å². The van der Waals surface area contributed by atoms with Crippen LogP contribution in [0.4, 0.5) is 0 Å². The van der Waals surface area contributed by atoms with Gasteiger partial charge in [0, 0.05) is 14.1 Å². The number of nitrogens with zero attached hydrogens (tertiary/aromatic N) is 1. The standard InChI is InChI=1S/C17H27N3O2/c1-12(2)10-15(16(21)19-3)20(4)17(22)14(18)11-13-8-6-5-7-9-13/h5-9,12,14-15H,10-11,18H2,1-4H3,(H,19,21)/t14-,15-/m0/s1. The van der Waals surface area contributed by atoms with Gasteiger partial charge in [-0.2, -0.15) is 0 Å². The average molecular weight is 305 g/mol. The van der Waals surface area contributed by atoms with E-state index >= 15 is 0 Å². The largest absolute Gasteiger partial charge is 0.357 e. The lowest BCUT2D eigenvalue weighted by atomic mass is 10.00. The lowest BCUT2D eigenvalue weighted by Crippen LogP contribution is -2.52. The molecule has 0 fully saturated rings. The number of hydrogen-bond donors (Lipinski definition) is 2. The van der Waals surface area contributed by atoms with Crippen molar-refractivity contribution < 1.29 is 9.59 Å². The second kappa shape index (κ2) is 8.54. The molecule has 0 aliphatic carbocycles. The van der Waals surface area contributed by atoms with Crippen molar-refractivity contribution in [1.29, 1.82) is 0 Å². The Morgan fingerprint density at radius 3 is 2.32 bits per heavy atom. The summed E-state index contributed by atoms with van der Waals surface area (Å²) >= 11 is 0. The molecule has 0 heterocycles.